The average molecular weight is 369 g/mol. The molecule has 0 unspecified atom stereocenters. The first-order chi connectivity index (χ1) is 12.4. The Balaban J connectivity index is 2.64. The molecule has 2 rings (SSSR count). The van der Waals surface area contributed by atoms with Gasteiger partial charge in [-0.1, -0.05) is 41.5 Å². The average Bonchev–Trinajstić information content (AvgIpc) is 2.56. The summed E-state index contributed by atoms with van der Waals surface area (Å²) in [5.74, 6) is 1.86. The zero-order chi connectivity index (χ0) is 20.6. The lowest BCUT2D eigenvalue weighted by Crippen LogP contribution is -2.16. The summed E-state index contributed by atoms with van der Waals surface area (Å²) in [6.45, 7) is 18.0. The summed E-state index contributed by atoms with van der Waals surface area (Å²) in [7, 11) is 3.49. The maximum Gasteiger partial charge on any atom is 0.119 e. The molecule has 27 heavy (non-hydrogen) atoms. The number of methoxy groups -OCH3 is 2. The molecule has 0 amide bonds. The highest BCUT2D eigenvalue weighted by Crippen LogP contribution is 2.36. The van der Waals surface area contributed by atoms with Gasteiger partial charge in [-0.25, -0.2) is 0 Å². The van der Waals surface area contributed by atoms with Crippen molar-refractivity contribution in [2.45, 2.75) is 72.6 Å². The molecule has 0 atom stereocenters. The number of hydrogen-bond acceptors (Lipinski definition) is 2. The number of hydrogen-bond donors (Lipinski definition) is 0. The fraction of sp³-hybridized carbons (Fsp3) is 0.520. The van der Waals surface area contributed by atoms with Gasteiger partial charge in [0, 0.05) is 0 Å². The summed E-state index contributed by atoms with van der Waals surface area (Å²) in [6, 6.07) is 8.72. The van der Waals surface area contributed by atoms with E-state index in [0.717, 1.165) is 17.9 Å². The summed E-state index contributed by atoms with van der Waals surface area (Å²) in [5, 5.41) is 0. The highest BCUT2D eigenvalue weighted by atomic mass is 16.5. The van der Waals surface area contributed by atoms with Crippen molar-refractivity contribution < 1.29 is 9.47 Å². The number of rotatable bonds is 4. The van der Waals surface area contributed by atoms with Gasteiger partial charge >= 0.3 is 0 Å². The largest absolute Gasteiger partial charge is 0.497 e. The molecule has 2 nitrogen and oxygen atoms in total. The fourth-order valence-corrected chi connectivity index (χ4v) is 3.86. The number of benzene rings is 2. The van der Waals surface area contributed by atoms with E-state index in [-0.39, 0.29) is 10.8 Å². The second-order valence-electron chi connectivity index (χ2n) is 9.59. The summed E-state index contributed by atoms with van der Waals surface area (Å²) >= 11 is 0. The van der Waals surface area contributed by atoms with Gasteiger partial charge in [0.25, 0.3) is 0 Å². The molecule has 2 heteroatoms. The van der Waals surface area contributed by atoms with Crippen LogP contribution in [0.15, 0.2) is 24.3 Å². The maximum absolute atomic E-state index is 5.61. The highest BCUT2D eigenvalue weighted by Gasteiger charge is 2.22. The van der Waals surface area contributed by atoms with E-state index < -0.39 is 0 Å². The maximum atomic E-state index is 5.61. The van der Waals surface area contributed by atoms with Crippen LogP contribution in [0.2, 0.25) is 0 Å². The highest BCUT2D eigenvalue weighted by molar-refractivity contribution is 5.50. The quantitative estimate of drug-likeness (QED) is 0.612. The fourth-order valence-electron chi connectivity index (χ4n) is 3.86. The zero-order valence-electron chi connectivity index (χ0n) is 18.8. The SMILES string of the molecule is COc1cc(Cc2cc(OC)cc(C(C)(C)C)c2C)c(C)c(C(C)(C)C)c1. The van der Waals surface area contributed by atoms with E-state index in [1.54, 1.807) is 14.2 Å². The minimum atomic E-state index is 0.0768. The Morgan fingerprint density at radius 1 is 0.630 bits per heavy atom. The van der Waals surface area contributed by atoms with Gasteiger partial charge in [-0.05, 0) is 88.7 Å². The summed E-state index contributed by atoms with van der Waals surface area (Å²) < 4.78 is 11.2. The van der Waals surface area contributed by atoms with Crippen molar-refractivity contribution in [1.82, 2.24) is 0 Å². The Labute approximate surface area is 165 Å². The van der Waals surface area contributed by atoms with E-state index in [1.807, 2.05) is 0 Å². The molecule has 0 spiro atoms. The smallest absolute Gasteiger partial charge is 0.119 e. The monoisotopic (exact) mass is 368 g/mol. The van der Waals surface area contributed by atoms with Crippen LogP contribution >= 0.6 is 0 Å². The predicted octanol–water partition coefficient (Wildman–Crippen LogP) is 6.51. The molecule has 2 aromatic carbocycles. The van der Waals surface area contributed by atoms with Gasteiger partial charge < -0.3 is 9.47 Å². The molecule has 0 heterocycles. The van der Waals surface area contributed by atoms with E-state index in [2.05, 4.69) is 79.7 Å². The van der Waals surface area contributed by atoms with Crippen LogP contribution in [0.4, 0.5) is 0 Å². The summed E-state index contributed by atoms with van der Waals surface area (Å²) in [5.41, 5.74) is 8.17. The van der Waals surface area contributed by atoms with Gasteiger partial charge in [0.15, 0.2) is 0 Å². The van der Waals surface area contributed by atoms with Crippen LogP contribution in [-0.2, 0) is 17.3 Å². The van der Waals surface area contributed by atoms with Crippen LogP contribution < -0.4 is 9.47 Å². The van der Waals surface area contributed by atoms with Crippen molar-refractivity contribution in [2.24, 2.45) is 0 Å². The molecular weight excluding hydrogens is 332 g/mol. The zero-order valence-corrected chi connectivity index (χ0v) is 18.8. The normalized spacial score (nSPS) is 12.2. The Morgan fingerprint density at radius 2 is 0.963 bits per heavy atom. The molecule has 0 aromatic heterocycles. The second-order valence-corrected chi connectivity index (χ2v) is 9.59. The third kappa shape index (κ3) is 4.66. The molecule has 0 aliphatic carbocycles. The Kier molecular flexibility index (Phi) is 5.99. The van der Waals surface area contributed by atoms with Gasteiger partial charge in [-0.15, -0.1) is 0 Å². The van der Waals surface area contributed by atoms with Crippen molar-refractivity contribution >= 4 is 0 Å². The van der Waals surface area contributed by atoms with Crippen LogP contribution in [0.25, 0.3) is 0 Å². The lowest BCUT2D eigenvalue weighted by Gasteiger charge is -2.26. The third-order valence-corrected chi connectivity index (χ3v) is 5.45. The van der Waals surface area contributed by atoms with Crippen molar-refractivity contribution in [3.8, 4) is 11.5 Å². The Morgan fingerprint density at radius 3 is 1.22 bits per heavy atom. The van der Waals surface area contributed by atoms with Crippen molar-refractivity contribution in [3.63, 3.8) is 0 Å². The molecule has 2 aromatic rings. The molecule has 0 bridgehead atoms. The minimum Gasteiger partial charge on any atom is -0.497 e. The van der Waals surface area contributed by atoms with Crippen LogP contribution in [0.1, 0.15) is 74.9 Å². The lowest BCUT2D eigenvalue weighted by molar-refractivity contribution is 0.411. The van der Waals surface area contributed by atoms with Gasteiger partial charge in [0.2, 0.25) is 0 Å². The topological polar surface area (TPSA) is 18.5 Å². The summed E-state index contributed by atoms with van der Waals surface area (Å²) in [6.07, 6.45) is 0.873. The van der Waals surface area contributed by atoms with Crippen LogP contribution in [0.3, 0.4) is 0 Å². The van der Waals surface area contributed by atoms with Gasteiger partial charge in [-0.3, -0.25) is 0 Å². The van der Waals surface area contributed by atoms with E-state index in [9.17, 15) is 0 Å². The van der Waals surface area contributed by atoms with Crippen molar-refractivity contribution in [2.75, 3.05) is 14.2 Å². The first kappa shape index (κ1) is 21.3. The van der Waals surface area contributed by atoms with Crippen LogP contribution in [0, 0.1) is 13.8 Å². The van der Waals surface area contributed by atoms with E-state index >= 15 is 0 Å². The van der Waals surface area contributed by atoms with Gasteiger partial charge in [0.1, 0.15) is 11.5 Å². The van der Waals surface area contributed by atoms with E-state index in [1.165, 1.54) is 33.4 Å². The lowest BCUT2D eigenvalue weighted by atomic mass is 9.79. The van der Waals surface area contributed by atoms with E-state index in [0.29, 0.717) is 0 Å². The molecule has 0 N–H and O–H groups in total. The predicted molar refractivity (Wildman–Crippen MR) is 116 cm³/mol. The summed E-state index contributed by atoms with van der Waals surface area (Å²) in [4.78, 5) is 0. The van der Waals surface area contributed by atoms with Crippen LogP contribution in [-0.4, -0.2) is 14.2 Å². The Hall–Kier alpha value is -1.96. The van der Waals surface area contributed by atoms with Gasteiger partial charge in [-0.2, -0.15) is 0 Å². The molecule has 148 valence electrons. The van der Waals surface area contributed by atoms with E-state index in [4.69, 9.17) is 9.47 Å². The minimum absolute atomic E-state index is 0.0768. The van der Waals surface area contributed by atoms with Crippen molar-refractivity contribution in [3.05, 3.63) is 57.6 Å². The standard InChI is InChI=1S/C25H36O2/c1-16-18(12-20(26-9)14-22(16)24(3,4)5)11-19-13-21(27-10)15-23(17(19)2)25(6,7)8/h12-15H,11H2,1-10H3. The van der Waals surface area contributed by atoms with Crippen molar-refractivity contribution in [1.29, 1.82) is 0 Å². The molecule has 0 aliphatic heterocycles. The third-order valence-electron chi connectivity index (χ3n) is 5.45. The first-order valence-electron chi connectivity index (χ1n) is 9.74. The molecule has 0 aliphatic rings. The molecule has 0 fully saturated rings. The molecule has 0 radical (unpaired) electrons. The molecular formula is C25H36O2. The number of ether oxygens (including phenoxy) is 2. The second kappa shape index (κ2) is 7.58. The first-order valence-corrected chi connectivity index (χ1v) is 9.74. The van der Waals surface area contributed by atoms with Crippen LogP contribution in [0.5, 0.6) is 11.5 Å². The Bertz CT molecular complexity index is 748. The molecule has 0 saturated heterocycles. The van der Waals surface area contributed by atoms with Gasteiger partial charge in [0.05, 0.1) is 14.2 Å². The molecule has 0 saturated carbocycles.